The molecule has 0 bridgehead atoms. The van der Waals surface area contributed by atoms with E-state index in [9.17, 15) is 43.7 Å². The molecule has 4 aromatic rings. The second-order valence-electron chi connectivity index (χ2n) is 14.6. The molecule has 66 heavy (non-hydrogen) atoms. The van der Waals surface area contributed by atoms with Gasteiger partial charge < -0.3 is 53.3 Å². The van der Waals surface area contributed by atoms with Crippen molar-refractivity contribution in [1.82, 2.24) is 5.32 Å². The van der Waals surface area contributed by atoms with E-state index in [1.165, 1.54) is 30.3 Å². The highest BCUT2D eigenvalue weighted by Gasteiger charge is 2.56. The van der Waals surface area contributed by atoms with Crippen molar-refractivity contribution >= 4 is 53.4 Å². The molecule has 1 heterocycles. The summed E-state index contributed by atoms with van der Waals surface area (Å²) in [5.74, 6) is -4.94. The number of hydrogen-bond acceptors (Lipinski definition) is 18. The molecule has 0 radical (unpaired) electrons. The number of esters is 4. The lowest BCUT2D eigenvalue weighted by molar-refractivity contribution is -0.384. The Bertz CT molecular complexity index is 2450. The number of alkyl carbamates (subject to hydrolysis) is 1. The van der Waals surface area contributed by atoms with Crippen LogP contribution in [0.4, 0.5) is 21.0 Å². The van der Waals surface area contributed by atoms with Gasteiger partial charge in [-0.05, 0) is 52.1 Å². The maximum absolute atomic E-state index is 13.5. The number of rotatable bonds is 16. The summed E-state index contributed by atoms with van der Waals surface area (Å²) in [6, 6.07) is 24.3. The Kier molecular flexibility index (Phi) is 15.5. The molecule has 1 fully saturated rings. The van der Waals surface area contributed by atoms with Crippen LogP contribution in [0.25, 0.3) is 11.1 Å². The number of benzene rings is 4. The van der Waals surface area contributed by atoms with E-state index in [1.54, 1.807) is 0 Å². The highest BCUT2D eigenvalue weighted by Crippen LogP contribution is 2.44. The Morgan fingerprint density at radius 1 is 0.742 bits per heavy atom. The summed E-state index contributed by atoms with van der Waals surface area (Å²) in [7, 11) is 1.02. The van der Waals surface area contributed by atoms with Crippen LogP contribution in [0.1, 0.15) is 49.8 Å². The molecule has 0 spiro atoms. The van der Waals surface area contributed by atoms with Crippen LogP contribution in [0.5, 0.6) is 11.5 Å². The molecular formula is C45H43N3O18. The van der Waals surface area contributed by atoms with Crippen LogP contribution in [0.2, 0.25) is 0 Å². The van der Waals surface area contributed by atoms with Gasteiger partial charge in [0.25, 0.3) is 5.69 Å². The van der Waals surface area contributed by atoms with Gasteiger partial charge in [0.1, 0.15) is 24.7 Å². The summed E-state index contributed by atoms with van der Waals surface area (Å²) >= 11 is 0. The van der Waals surface area contributed by atoms with Gasteiger partial charge in [0.05, 0.1) is 17.7 Å². The number of non-ortho nitro benzene ring substituents is 1. The summed E-state index contributed by atoms with van der Waals surface area (Å²) in [5, 5.41) is 16.2. The maximum atomic E-state index is 13.5. The van der Waals surface area contributed by atoms with Crippen molar-refractivity contribution in [1.29, 1.82) is 0 Å². The summed E-state index contributed by atoms with van der Waals surface area (Å²) in [6.07, 6.45) is -10.9. The van der Waals surface area contributed by atoms with Gasteiger partial charge in [-0.15, -0.1) is 0 Å². The molecule has 0 saturated carbocycles. The molecule has 4 aromatic carbocycles. The molecule has 346 valence electrons. The Morgan fingerprint density at radius 2 is 1.35 bits per heavy atom. The first-order valence-electron chi connectivity index (χ1n) is 20.1. The van der Waals surface area contributed by atoms with Crippen molar-refractivity contribution in [2.75, 3.05) is 25.6 Å². The van der Waals surface area contributed by atoms with Crippen LogP contribution in [0.15, 0.2) is 91.0 Å². The molecule has 21 heteroatoms. The minimum absolute atomic E-state index is 0.0391. The molecule has 1 aliphatic carbocycles. The Labute approximate surface area is 375 Å². The average Bonchev–Trinajstić information content (AvgIpc) is 3.60. The van der Waals surface area contributed by atoms with Crippen LogP contribution in [0.3, 0.4) is 0 Å². The molecule has 1 saturated heterocycles. The molecule has 0 aromatic heterocycles. The third-order valence-corrected chi connectivity index (χ3v) is 9.97. The summed E-state index contributed by atoms with van der Waals surface area (Å²) in [4.78, 5) is 99.1. The zero-order valence-corrected chi connectivity index (χ0v) is 35.7. The SMILES string of the molecule is COC(=O)[C@@H]1OC(Oc2ccc(COC(=O)Oc3ccc([N+](=O)[O-])cc3)cc2NC(=O)CCNC(=O)OCC2c3ccccc3-c3ccccc32)[C@@H](OC(C)=O)[C@H](OC(C)=O)[C@H]1OC(C)=O. The van der Waals surface area contributed by atoms with E-state index < -0.39 is 84.3 Å². The number of methoxy groups -OCH3 is 1. The van der Waals surface area contributed by atoms with Gasteiger partial charge in [0.2, 0.25) is 18.3 Å². The number of ether oxygens (including phenoxy) is 9. The zero-order valence-electron chi connectivity index (χ0n) is 35.7. The average molecular weight is 914 g/mol. The Hall–Kier alpha value is -8.07. The number of nitro groups is 1. The highest BCUT2D eigenvalue weighted by atomic mass is 16.7. The van der Waals surface area contributed by atoms with Crippen molar-refractivity contribution in [3.8, 4) is 22.6 Å². The molecule has 2 amide bonds. The van der Waals surface area contributed by atoms with E-state index in [1.807, 2.05) is 48.5 Å². The van der Waals surface area contributed by atoms with E-state index in [4.69, 9.17) is 42.6 Å². The lowest BCUT2D eigenvalue weighted by Crippen LogP contribution is -2.64. The summed E-state index contributed by atoms with van der Waals surface area (Å²) in [5.41, 5.74) is 4.05. The Balaban J connectivity index is 1.18. The number of amides is 2. The van der Waals surface area contributed by atoms with Crippen molar-refractivity contribution < 1.29 is 81.1 Å². The fraction of sp³-hybridized carbons (Fsp3) is 0.311. The molecule has 21 nitrogen and oxygen atoms in total. The van der Waals surface area contributed by atoms with Crippen LogP contribution < -0.4 is 20.1 Å². The number of nitro benzene ring substituents is 1. The minimum Gasteiger partial charge on any atom is -0.467 e. The summed E-state index contributed by atoms with van der Waals surface area (Å²) in [6.45, 7) is 2.48. The third kappa shape index (κ3) is 11.9. The lowest BCUT2D eigenvalue weighted by atomic mass is 9.97. The van der Waals surface area contributed by atoms with Crippen molar-refractivity contribution in [2.24, 2.45) is 0 Å². The number of fused-ring (bicyclic) bond motifs is 3. The number of nitrogens with zero attached hydrogens (tertiary/aromatic N) is 1. The molecule has 2 N–H and O–H groups in total. The first-order valence-corrected chi connectivity index (χ1v) is 20.1. The molecule has 5 atom stereocenters. The topological polar surface area (TPSA) is 270 Å². The lowest BCUT2D eigenvalue weighted by Gasteiger charge is -2.43. The van der Waals surface area contributed by atoms with Gasteiger partial charge in [-0.1, -0.05) is 54.6 Å². The van der Waals surface area contributed by atoms with Gasteiger partial charge in [0.15, 0.2) is 18.3 Å². The van der Waals surface area contributed by atoms with E-state index in [0.29, 0.717) is 0 Å². The molecule has 2 aliphatic rings. The Morgan fingerprint density at radius 3 is 1.95 bits per heavy atom. The van der Waals surface area contributed by atoms with E-state index in [0.717, 1.165) is 62.3 Å². The van der Waals surface area contributed by atoms with Crippen LogP contribution in [0, 0.1) is 10.1 Å². The molecule has 1 unspecified atom stereocenters. The quantitative estimate of drug-likeness (QED) is 0.0478. The van der Waals surface area contributed by atoms with E-state index in [2.05, 4.69) is 10.6 Å². The van der Waals surface area contributed by atoms with E-state index >= 15 is 0 Å². The normalized spacial score (nSPS) is 18.2. The van der Waals surface area contributed by atoms with Crippen LogP contribution >= 0.6 is 0 Å². The number of nitrogens with one attached hydrogen (secondary N) is 2. The first kappa shape index (κ1) is 47.4. The second-order valence-corrected chi connectivity index (χ2v) is 14.6. The first-order chi connectivity index (χ1) is 31.6. The number of carbonyl (C=O) groups excluding carboxylic acids is 7. The van der Waals surface area contributed by atoms with Crippen molar-refractivity contribution in [3.63, 3.8) is 0 Å². The fourth-order valence-electron chi connectivity index (χ4n) is 7.21. The van der Waals surface area contributed by atoms with Gasteiger partial charge in [-0.2, -0.15) is 0 Å². The van der Waals surface area contributed by atoms with Gasteiger partial charge >= 0.3 is 36.1 Å². The van der Waals surface area contributed by atoms with Crippen molar-refractivity contribution in [3.05, 3.63) is 118 Å². The maximum Gasteiger partial charge on any atom is 0.514 e. The molecule has 6 rings (SSSR count). The van der Waals surface area contributed by atoms with Crippen LogP contribution in [-0.2, 0) is 63.7 Å². The number of anilines is 1. The fourth-order valence-corrected chi connectivity index (χ4v) is 7.21. The second kappa shape index (κ2) is 21.5. The third-order valence-electron chi connectivity index (χ3n) is 9.97. The minimum atomic E-state index is -1.81. The predicted molar refractivity (Wildman–Crippen MR) is 225 cm³/mol. The largest absolute Gasteiger partial charge is 0.514 e. The number of carbonyl (C=O) groups is 7. The predicted octanol–water partition coefficient (Wildman–Crippen LogP) is 5.25. The highest BCUT2D eigenvalue weighted by molar-refractivity contribution is 5.92. The standard InChI is InChI=1S/C45H43N3O18/c1-24(49)61-38-39(62-25(2)50)41(63-26(3)51)43(66-40(38)42(53)58-4)65-36-18-13-27(22-60-45(55)64-29-16-14-28(15-17-29)48(56)57)21-35(36)47-37(52)19-20-46-44(54)59-23-34-32-11-7-5-9-30(32)31-10-6-8-12-33(31)34/h5-18,21,34,38-41,43H,19-20,22-23H2,1-4H3,(H,46,54)(H,47,52)/t38-,39-,40-,41+,43?/m1/s1. The number of hydrogen-bond donors (Lipinski definition) is 2. The smallest absolute Gasteiger partial charge is 0.467 e. The van der Waals surface area contributed by atoms with Gasteiger partial charge in [-0.25, -0.2) is 14.4 Å². The molecular weight excluding hydrogens is 870 g/mol. The van der Waals surface area contributed by atoms with Gasteiger partial charge in [-0.3, -0.25) is 29.3 Å². The monoisotopic (exact) mass is 913 g/mol. The molecule has 1 aliphatic heterocycles. The zero-order chi connectivity index (χ0) is 47.5. The van der Waals surface area contributed by atoms with Crippen molar-refractivity contribution in [2.45, 2.75) is 70.4 Å². The van der Waals surface area contributed by atoms with E-state index in [-0.39, 0.29) is 53.9 Å². The van der Waals surface area contributed by atoms with Crippen LogP contribution in [-0.4, -0.2) is 97.9 Å². The van der Waals surface area contributed by atoms with Gasteiger partial charge in [0, 0.05) is 51.8 Å². The summed E-state index contributed by atoms with van der Waals surface area (Å²) < 4.78 is 48.9.